The molecule has 0 bridgehead atoms. The van der Waals surface area contributed by atoms with Gasteiger partial charge in [-0.05, 0) is 30.9 Å². The van der Waals surface area contributed by atoms with Gasteiger partial charge in [0.05, 0.1) is 0 Å². The maximum absolute atomic E-state index is 5.81. The van der Waals surface area contributed by atoms with Crippen LogP contribution < -0.4 is 10.6 Å². The third-order valence-corrected chi connectivity index (χ3v) is 3.51. The Kier molecular flexibility index (Phi) is 2.83. The fraction of sp³-hybridized carbons (Fsp3) is 0.462. The summed E-state index contributed by atoms with van der Waals surface area (Å²) in [5, 5.41) is 0. The number of nitrogens with zero attached hydrogens (tertiary/aromatic N) is 4. The van der Waals surface area contributed by atoms with E-state index in [1.54, 1.807) is 12.4 Å². The molecule has 5 heteroatoms. The van der Waals surface area contributed by atoms with Crippen molar-refractivity contribution in [3.05, 3.63) is 24.5 Å². The molecule has 0 aromatic carbocycles. The molecule has 2 heterocycles. The minimum absolute atomic E-state index is 0.402. The molecule has 1 fully saturated rings. The molecule has 3 rings (SSSR count). The predicted octanol–water partition coefficient (Wildman–Crippen LogP) is 1.20. The maximum atomic E-state index is 5.81. The average Bonchev–Trinajstić information content (AvgIpc) is 2.36. The lowest BCUT2D eigenvalue weighted by Gasteiger charge is -2.35. The largest absolute Gasteiger partial charge is 0.359 e. The fourth-order valence-corrected chi connectivity index (χ4v) is 2.47. The molecule has 18 heavy (non-hydrogen) atoms. The van der Waals surface area contributed by atoms with Gasteiger partial charge < -0.3 is 10.6 Å². The van der Waals surface area contributed by atoms with Gasteiger partial charge in [0.2, 0.25) is 0 Å². The van der Waals surface area contributed by atoms with Crippen molar-refractivity contribution in [3.63, 3.8) is 0 Å². The number of pyridine rings is 1. The molecule has 0 saturated heterocycles. The average molecular weight is 243 g/mol. The number of hydrogen-bond acceptors (Lipinski definition) is 5. The summed E-state index contributed by atoms with van der Waals surface area (Å²) in [4.78, 5) is 15.1. The molecule has 0 aliphatic heterocycles. The summed E-state index contributed by atoms with van der Waals surface area (Å²) in [6, 6.07) is 4.36. The van der Waals surface area contributed by atoms with Gasteiger partial charge in [0.25, 0.3) is 0 Å². The smallest absolute Gasteiger partial charge is 0.180 e. The summed E-state index contributed by atoms with van der Waals surface area (Å²) in [6.45, 7) is 1.01. The van der Waals surface area contributed by atoms with Crippen LogP contribution in [0, 0.1) is 5.92 Å². The van der Waals surface area contributed by atoms with E-state index in [1.807, 2.05) is 12.1 Å². The molecule has 1 aliphatic rings. The Morgan fingerprint density at radius 2 is 2.06 bits per heavy atom. The summed E-state index contributed by atoms with van der Waals surface area (Å²) < 4.78 is 0. The first-order valence-corrected chi connectivity index (χ1v) is 6.27. The highest BCUT2D eigenvalue weighted by atomic mass is 15.2. The first kappa shape index (κ1) is 11.3. The second-order valence-corrected chi connectivity index (χ2v) is 5.05. The third-order valence-electron chi connectivity index (χ3n) is 3.51. The van der Waals surface area contributed by atoms with Gasteiger partial charge in [-0.1, -0.05) is 0 Å². The Bertz CT molecular complexity index is 550. The monoisotopic (exact) mass is 243 g/mol. The molecule has 2 aromatic rings. The minimum atomic E-state index is 0.402. The highest BCUT2D eigenvalue weighted by Crippen LogP contribution is 2.27. The summed E-state index contributed by atoms with van der Waals surface area (Å²) in [6.07, 6.45) is 5.60. The molecular weight excluding hydrogens is 226 g/mol. The number of hydrogen-bond donors (Lipinski definition) is 1. The van der Waals surface area contributed by atoms with Crippen molar-refractivity contribution >= 4 is 17.0 Å². The van der Waals surface area contributed by atoms with E-state index < -0.39 is 0 Å². The molecular formula is C13H17N5. The van der Waals surface area contributed by atoms with Crippen LogP contribution in [0.15, 0.2) is 24.5 Å². The lowest BCUT2D eigenvalue weighted by molar-refractivity contribution is 0.270. The van der Waals surface area contributed by atoms with Crippen molar-refractivity contribution in [2.75, 3.05) is 18.5 Å². The molecule has 2 aromatic heterocycles. The van der Waals surface area contributed by atoms with Gasteiger partial charge in [-0.3, -0.25) is 4.98 Å². The third kappa shape index (κ3) is 2.13. The first-order valence-electron chi connectivity index (χ1n) is 6.27. The van der Waals surface area contributed by atoms with Crippen LogP contribution in [0.25, 0.3) is 11.2 Å². The lowest BCUT2D eigenvalue weighted by atomic mass is 9.80. The lowest BCUT2D eigenvalue weighted by Crippen LogP contribution is -2.42. The molecule has 0 radical (unpaired) electrons. The predicted molar refractivity (Wildman–Crippen MR) is 71.3 cm³/mol. The van der Waals surface area contributed by atoms with Gasteiger partial charge >= 0.3 is 0 Å². The zero-order chi connectivity index (χ0) is 12.5. The molecule has 94 valence electrons. The molecule has 1 aliphatic carbocycles. The van der Waals surface area contributed by atoms with E-state index in [2.05, 4.69) is 26.9 Å². The molecule has 0 atom stereocenters. The van der Waals surface area contributed by atoms with Crippen LogP contribution in [0.2, 0.25) is 0 Å². The Labute approximate surface area is 106 Å². The summed E-state index contributed by atoms with van der Waals surface area (Å²) in [5.41, 5.74) is 7.34. The standard InChI is InChI=1S/C13H17N5/c1-18(8-9-6-10(14)7-9)12-3-2-11-13(17-12)16-5-4-15-11/h2-5,9-10H,6-8,14H2,1H3. The van der Waals surface area contributed by atoms with Crippen molar-refractivity contribution in [3.8, 4) is 0 Å². The van der Waals surface area contributed by atoms with Crippen LogP contribution in [0.3, 0.4) is 0 Å². The number of rotatable bonds is 3. The first-order chi connectivity index (χ1) is 8.72. The van der Waals surface area contributed by atoms with Gasteiger partial charge in [0.15, 0.2) is 5.65 Å². The van der Waals surface area contributed by atoms with E-state index in [9.17, 15) is 0 Å². The Balaban J connectivity index is 1.76. The van der Waals surface area contributed by atoms with Crippen LogP contribution in [0.4, 0.5) is 5.82 Å². The molecule has 1 saturated carbocycles. The van der Waals surface area contributed by atoms with Crippen molar-refractivity contribution in [2.45, 2.75) is 18.9 Å². The van der Waals surface area contributed by atoms with E-state index >= 15 is 0 Å². The topological polar surface area (TPSA) is 67.9 Å². The van der Waals surface area contributed by atoms with Crippen molar-refractivity contribution in [1.29, 1.82) is 0 Å². The summed E-state index contributed by atoms with van der Waals surface area (Å²) >= 11 is 0. The summed E-state index contributed by atoms with van der Waals surface area (Å²) in [7, 11) is 2.06. The Hall–Kier alpha value is -1.75. The van der Waals surface area contributed by atoms with Crippen molar-refractivity contribution in [2.24, 2.45) is 11.7 Å². The van der Waals surface area contributed by atoms with Crippen LogP contribution >= 0.6 is 0 Å². The van der Waals surface area contributed by atoms with Gasteiger partial charge in [0.1, 0.15) is 11.3 Å². The molecule has 5 nitrogen and oxygen atoms in total. The van der Waals surface area contributed by atoms with E-state index in [0.29, 0.717) is 17.6 Å². The van der Waals surface area contributed by atoms with E-state index in [4.69, 9.17) is 5.73 Å². The molecule has 0 spiro atoms. The van der Waals surface area contributed by atoms with Gasteiger partial charge in [-0.25, -0.2) is 9.97 Å². The zero-order valence-corrected chi connectivity index (χ0v) is 10.5. The molecule has 2 N–H and O–H groups in total. The summed E-state index contributed by atoms with van der Waals surface area (Å²) in [5.74, 6) is 1.65. The minimum Gasteiger partial charge on any atom is -0.359 e. The van der Waals surface area contributed by atoms with E-state index in [1.165, 1.54) is 0 Å². The molecule has 0 unspecified atom stereocenters. The van der Waals surface area contributed by atoms with Gasteiger partial charge in [0, 0.05) is 32.0 Å². The number of anilines is 1. The van der Waals surface area contributed by atoms with Crippen molar-refractivity contribution in [1.82, 2.24) is 15.0 Å². The van der Waals surface area contributed by atoms with Crippen molar-refractivity contribution < 1.29 is 0 Å². The molecule has 0 amide bonds. The van der Waals surface area contributed by atoms with E-state index in [0.717, 1.165) is 30.7 Å². The highest BCUT2D eigenvalue weighted by Gasteiger charge is 2.27. The van der Waals surface area contributed by atoms with Gasteiger partial charge in [-0.15, -0.1) is 0 Å². The SMILES string of the molecule is CN(CC1CC(N)C1)c1ccc2nccnc2n1. The quantitative estimate of drug-likeness (QED) is 0.877. The van der Waals surface area contributed by atoms with Gasteiger partial charge in [-0.2, -0.15) is 0 Å². The number of fused-ring (bicyclic) bond motifs is 1. The highest BCUT2D eigenvalue weighted by molar-refractivity contribution is 5.71. The van der Waals surface area contributed by atoms with Crippen LogP contribution in [0.1, 0.15) is 12.8 Å². The van der Waals surface area contributed by atoms with E-state index in [-0.39, 0.29) is 0 Å². The van der Waals surface area contributed by atoms with Crippen LogP contribution in [-0.2, 0) is 0 Å². The van der Waals surface area contributed by atoms with Crippen LogP contribution in [0.5, 0.6) is 0 Å². The maximum Gasteiger partial charge on any atom is 0.180 e. The zero-order valence-electron chi connectivity index (χ0n) is 10.5. The second kappa shape index (κ2) is 4.49. The van der Waals surface area contributed by atoms with Crippen LogP contribution in [-0.4, -0.2) is 34.6 Å². The fourth-order valence-electron chi connectivity index (χ4n) is 2.47. The Morgan fingerprint density at radius 1 is 1.28 bits per heavy atom. The normalized spacial score (nSPS) is 22.8. The Morgan fingerprint density at radius 3 is 2.83 bits per heavy atom. The second-order valence-electron chi connectivity index (χ2n) is 5.05. The number of aromatic nitrogens is 3. The number of nitrogens with two attached hydrogens (primary N) is 1.